The molecule has 96 valence electrons. The average molecular weight is 243 g/mol. The standard InChI is InChI=1S/C13H19F2NO/c1-3-4-10(2)16-7-8-17-13-9-11(14)5-6-12(13)15/h5-6,9-10,16H,3-4,7-8H2,1-2H3. The molecule has 1 atom stereocenters. The van der Waals surface area contributed by atoms with E-state index in [2.05, 4.69) is 19.2 Å². The fraction of sp³-hybridized carbons (Fsp3) is 0.538. The van der Waals surface area contributed by atoms with Crippen LogP contribution in [0.1, 0.15) is 26.7 Å². The zero-order valence-electron chi connectivity index (χ0n) is 10.3. The van der Waals surface area contributed by atoms with Crippen LogP contribution in [0.3, 0.4) is 0 Å². The average Bonchev–Trinajstić information content (AvgIpc) is 2.29. The summed E-state index contributed by atoms with van der Waals surface area (Å²) < 4.78 is 31.2. The largest absolute Gasteiger partial charge is 0.489 e. The number of halogens is 2. The summed E-state index contributed by atoms with van der Waals surface area (Å²) in [4.78, 5) is 0. The Morgan fingerprint density at radius 3 is 2.82 bits per heavy atom. The first-order chi connectivity index (χ1) is 8.13. The monoisotopic (exact) mass is 243 g/mol. The minimum absolute atomic E-state index is 0.0325. The minimum atomic E-state index is -0.534. The second-order valence-corrected chi connectivity index (χ2v) is 4.07. The number of benzene rings is 1. The van der Waals surface area contributed by atoms with Crippen molar-refractivity contribution in [3.05, 3.63) is 29.8 Å². The van der Waals surface area contributed by atoms with Gasteiger partial charge in [-0.2, -0.15) is 0 Å². The van der Waals surface area contributed by atoms with Crippen LogP contribution in [0.2, 0.25) is 0 Å². The fourth-order valence-electron chi connectivity index (χ4n) is 1.59. The molecule has 1 aromatic rings. The quantitative estimate of drug-likeness (QED) is 0.743. The minimum Gasteiger partial charge on any atom is -0.489 e. The van der Waals surface area contributed by atoms with Gasteiger partial charge in [0.2, 0.25) is 0 Å². The molecule has 0 spiro atoms. The molecule has 0 aliphatic rings. The lowest BCUT2D eigenvalue weighted by atomic mass is 10.2. The Bertz CT molecular complexity index is 344. The maximum atomic E-state index is 13.2. The van der Waals surface area contributed by atoms with Crippen molar-refractivity contribution in [2.45, 2.75) is 32.7 Å². The molecule has 17 heavy (non-hydrogen) atoms. The summed E-state index contributed by atoms with van der Waals surface area (Å²) in [6, 6.07) is 3.62. The van der Waals surface area contributed by atoms with Gasteiger partial charge in [0, 0.05) is 18.7 Å². The second kappa shape index (κ2) is 7.22. The van der Waals surface area contributed by atoms with Gasteiger partial charge in [0.15, 0.2) is 11.6 Å². The van der Waals surface area contributed by atoms with E-state index in [-0.39, 0.29) is 5.75 Å². The third-order valence-corrected chi connectivity index (χ3v) is 2.47. The molecule has 0 fully saturated rings. The molecular formula is C13H19F2NO. The summed E-state index contributed by atoms with van der Waals surface area (Å²) in [5, 5.41) is 3.25. The van der Waals surface area contributed by atoms with Crippen LogP contribution in [0.15, 0.2) is 18.2 Å². The Morgan fingerprint density at radius 1 is 1.35 bits per heavy atom. The summed E-state index contributed by atoms with van der Waals surface area (Å²) in [6.07, 6.45) is 2.21. The van der Waals surface area contributed by atoms with E-state index in [0.29, 0.717) is 19.2 Å². The molecule has 1 aromatic carbocycles. The van der Waals surface area contributed by atoms with E-state index in [1.54, 1.807) is 0 Å². The lowest BCUT2D eigenvalue weighted by Gasteiger charge is -2.13. The molecule has 0 aromatic heterocycles. The zero-order valence-corrected chi connectivity index (χ0v) is 10.3. The van der Waals surface area contributed by atoms with Crippen molar-refractivity contribution in [1.29, 1.82) is 0 Å². The van der Waals surface area contributed by atoms with Gasteiger partial charge in [-0.1, -0.05) is 13.3 Å². The van der Waals surface area contributed by atoms with Gasteiger partial charge in [-0.25, -0.2) is 8.78 Å². The van der Waals surface area contributed by atoms with Crippen molar-refractivity contribution in [3.63, 3.8) is 0 Å². The molecule has 2 nitrogen and oxygen atoms in total. The molecular weight excluding hydrogens is 224 g/mol. The van der Waals surface area contributed by atoms with Crippen LogP contribution in [-0.4, -0.2) is 19.2 Å². The van der Waals surface area contributed by atoms with Crippen LogP contribution in [0.5, 0.6) is 5.75 Å². The molecule has 0 saturated carbocycles. The van der Waals surface area contributed by atoms with E-state index in [1.807, 2.05) is 0 Å². The van der Waals surface area contributed by atoms with Crippen LogP contribution in [0.25, 0.3) is 0 Å². The summed E-state index contributed by atoms with van der Waals surface area (Å²) in [7, 11) is 0. The van der Waals surface area contributed by atoms with Gasteiger partial charge >= 0.3 is 0 Å². The van der Waals surface area contributed by atoms with Crippen molar-refractivity contribution in [2.75, 3.05) is 13.2 Å². The summed E-state index contributed by atoms with van der Waals surface area (Å²) in [6.45, 7) is 5.16. The highest BCUT2D eigenvalue weighted by molar-refractivity contribution is 5.24. The van der Waals surface area contributed by atoms with Gasteiger partial charge in [0.05, 0.1) is 0 Å². The fourth-order valence-corrected chi connectivity index (χ4v) is 1.59. The van der Waals surface area contributed by atoms with E-state index in [1.165, 1.54) is 0 Å². The van der Waals surface area contributed by atoms with E-state index in [4.69, 9.17) is 4.74 Å². The summed E-state index contributed by atoms with van der Waals surface area (Å²) >= 11 is 0. The van der Waals surface area contributed by atoms with Crippen molar-refractivity contribution in [3.8, 4) is 5.75 Å². The molecule has 0 aliphatic carbocycles. The number of hydrogen-bond acceptors (Lipinski definition) is 2. The van der Waals surface area contributed by atoms with E-state index < -0.39 is 11.6 Å². The summed E-state index contributed by atoms with van der Waals surface area (Å²) in [5.74, 6) is -1.06. The lowest BCUT2D eigenvalue weighted by Crippen LogP contribution is -2.30. The number of ether oxygens (including phenoxy) is 1. The highest BCUT2D eigenvalue weighted by atomic mass is 19.1. The summed E-state index contributed by atoms with van der Waals surface area (Å²) in [5.41, 5.74) is 0. The molecule has 1 N–H and O–H groups in total. The first kappa shape index (κ1) is 13.9. The Labute approximate surface area is 101 Å². The molecule has 0 saturated heterocycles. The van der Waals surface area contributed by atoms with Gasteiger partial charge in [-0.15, -0.1) is 0 Å². The first-order valence-electron chi connectivity index (χ1n) is 5.94. The molecule has 0 radical (unpaired) electrons. The molecule has 1 rings (SSSR count). The van der Waals surface area contributed by atoms with E-state index >= 15 is 0 Å². The highest BCUT2D eigenvalue weighted by Crippen LogP contribution is 2.17. The van der Waals surface area contributed by atoms with Crippen LogP contribution < -0.4 is 10.1 Å². The molecule has 0 amide bonds. The van der Waals surface area contributed by atoms with Crippen molar-refractivity contribution in [1.82, 2.24) is 5.32 Å². The lowest BCUT2D eigenvalue weighted by molar-refractivity contribution is 0.289. The van der Waals surface area contributed by atoms with Crippen molar-refractivity contribution < 1.29 is 13.5 Å². The third kappa shape index (κ3) is 5.13. The molecule has 1 unspecified atom stereocenters. The van der Waals surface area contributed by atoms with Gasteiger partial charge in [-0.05, 0) is 25.5 Å². The Hall–Kier alpha value is -1.16. The van der Waals surface area contributed by atoms with Gasteiger partial charge in [0.1, 0.15) is 12.4 Å². The molecule has 0 aliphatic heterocycles. The maximum Gasteiger partial charge on any atom is 0.165 e. The van der Waals surface area contributed by atoms with Crippen LogP contribution in [-0.2, 0) is 0 Å². The van der Waals surface area contributed by atoms with E-state index in [0.717, 1.165) is 31.0 Å². The zero-order chi connectivity index (χ0) is 12.7. The normalized spacial score (nSPS) is 12.5. The van der Waals surface area contributed by atoms with Crippen LogP contribution >= 0.6 is 0 Å². The smallest absolute Gasteiger partial charge is 0.165 e. The first-order valence-corrected chi connectivity index (χ1v) is 5.94. The Kier molecular flexibility index (Phi) is 5.91. The van der Waals surface area contributed by atoms with Gasteiger partial charge in [0.25, 0.3) is 0 Å². The maximum absolute atomic E-state index is 13.2. The predicted octanol–water partition coefficient (Wildman–Crippen LogP) is 3.12. The van der Waals surface area contributed by atoms with Crippen molar-refractivity contribution in [2.24, 2.45) is 0 Å². The van der Waals surface area contributed by atoms with Crippen LogP contribution in [0.4, 0.5) is 8.78 Å². The van der Waals surface area contributed by atoms with E-state index in [9.17, 15) is 8.78 Å². The molecule has 0 heterocycles. The van der Waals surface area contributed by atoms with Gasteiger partial charge in [-0.3, -0.25) is 0 Å². The van der Waals surface area contributed by atoms with Gasteiger partial charge < -0.3 is 10.1 Å². The third-order valence-electron chi connectivity index (χ3n) is 2.47. The number of nitrogens with one attached hydrogen (secondary N) is 1. The Morgan fingerprint density at radius 2 is 2.12 bits per heavy atom. The molecule has 0 bridgehead atoms. The van der Waals surface area contributed by atoms with Crippen LogP contribution in [0, 0.1) is 11.6 Å². The Balaban J connectivity index is 2.28. The topological polar surface area (TPSA) is 21.3 Å². The number of hydrogen-bond donors (Lipinski definition) is 1. The highest BCUT2D eigenvalue weighted by Gasteiger charge is 2.05. The molecule has 4 heteroatoms. The SMILES string of the molecule is CCCC(C)NCCOc1cc(F)ccc1F. The van der Waals surface area contributed by atoms with Crippen molar-refractivity contribution >= 4 is 0 Å². The predicted molar refractivity (Wildman–Crippen MR) is 64.2 cm³/mol. The number of rotatable bonds is 7. The second-order valence-electron chi connectivity index (χ2n) is 4.07.